The molecule has 0 unspecified atom stereocenters. The number of halogens is 2. The SMILES string of the molecule is COC(=O)Nc1ccc(C(=O)CBr)cc1Cl. The van der Waals surface area contributed by atoms with E-state index in [-0.39, 0.29) is 16.1 Å². The van der Waals surface area contributed by atoms with Crippen LogP contribution in [-0.2, 0) is 4.74 Å². The molecule has 6 heteroatoms. The Bertz CT molecular complexity index is 423. The summed E-state index contributed by atoms with van der Waals surface area (Å²) in [5.41, 5.74) is 0.886. The fourth-order valence-corrected chi connectivity index (χ4v) is 1.58. The van der Waals surface area contributed by atoms with Gasteiger partial charge in [0.25, 0.3) is 0 Å². The molecule has 86 valence electrons. The van der Waals surface area contributed by atoms with Gasteiger partial charge in [-0.25, -0.2) is 4.79 Å². The van der Waals surface area contributed by atoms with Gasteiger partial charge in [-0.05, 0) is 18.2 Å². The number of methoxy groups -OCH3 is 1. The molecule has 0 radical (unpaired) electrons. The van der Waals surface area contributed by atoms with Crippen LogP contribution in [-0.4, -0.2) is 24.3 Å². The van der Waals surface area contributed by atoms with E-state index in [4.69, 9.17) is 11.6 Å². The van der Waals surface area contributed by atoms with Gasteiger partial charge in [0.05, 0.1) is 23.1 Å². The first-order chi connectivity index (χ1) is 7.58. The summed E-state index contributed by atoms with van der Waals surface area (Å²) in [4.78, 5) is 22.3. The number of benzene rings is 1. The van der Waals surface area contributed by atoms with E-state index in [9.17, 15) is 9.59 Å². The van der Waals surface area contributed by atoms with Gasteiger partial charge in [0, 0.05) is 5.56 Å². The summed E-state index contributed by atoms with van der Waals surface area (Å²) in [5, 5.41) is 2.95. The summed E-state index contributed by atoms with van der Waals surface area (Å²) < 4.78 is 4.42. The number of rotatable bonds is 3. The molecule has 0 fully saturated rings. The highest BCUT2D eigenvalue weighted by Gasteiger charge is 2.09. The van der Waals surface area contributed by atoms with Gasteiger partial charge in [-0.1, -0.05) is 27.5 Å². The molecule has 1 rings (SSSR count). The second-order valence-corrected chi connectivity index (χ2v) is 3.84. The molecule has 0 atom stereocenters. The summed E-state index contributed by atoms with van der Waals surface area (Å²) >= 11 is 8.96. The predicted octanol–water partition coefficient (Wildman–Crippen LogP) is 3.10. The van der Waals surface area contributed by atoms with Crippen molar-refractivity contribution in [2.24, 2.45) is 0 Å². The van der Waals surface area contributed by atoms with E-state index >= 15 is 0 Å². The number of carbonyl (C=O) groups excluding carboxylic acids is 2. The van der Waals surface area contributed by atoms with Crippen LogP contribution in [0.1, 0.15) is 10.4 Å². The van der Waals surface area contributed by atoms with E-state index in [1.807, 2.05) is 0 Å². The highest BCUT2D eigenvalue weighted by atomic mass is 79.9. The van der Waals surface area contributed by atoms with Gasteiger partial charge in [-0.2, -0.15) is 0 Å². The number of carbonyl (C=O) groups is 2. The molecular weight excluding hydrogens is 297 g/mol. The Morgan fingerprint density at radius 1 is 1.50 bits per heavy atom. The summed E-state index contributed by atoms with van der Waals surface area (Å²) in [5.74, 6) is -0.0773. The van der Waals surface area contributed by atoms with Crippen LogP contribution in [0.5, 0.6) is 0 Å². The quantitative estimate of drug-likeness (QED) is 0.689. The molecule has 0 saturated carbocycles. The molecule has 0 aromatic heterocycles. The fourth-order valence-electron chi connectivity index (χ4n) is 1.03. The number of alkyl halides is 1. The van der Waals surface area contributed by atoms with Crippen LogP contribution in [0.15, 0.2) is 18.2 Å². The number of ketones is 1. The molecule has 0 bridgehead atoms. The third kappa shape index (κ3) is 3.21. The van der Waals surface area contributed by atoms with Crippen molar-refractivity contribution in [1.29, 1.82) is 0 Å². The van der Waals surface area contributed by atoms with Crippen molar-refractivity contribution in [2.45, 2.75) is 0 Å². The van der Waals surface area contributed by atoms with E-state index in [0.29, 0.717) is 11.3 Å². The highest BCUT2D eigenvalue weighted by molar-refractivity contribution is 9.09. The second-order valence-electron chi connectivity index (χ2n) is 2.87. The Labute approximate surface area is 106 Å². The molecular formula is C10H9BrClNO3. The van der Waals surface area contributed by atoms with Gasteiger partial charge in [-0.15, -0.1) is 0 Å². The first-order valence-electron chi connectivity index (χ1n) is 4.32. The van der Waals surface area contributed by atoms with Gasteiger partial charge < -0.3 is 4.74 Å². The molecule has 0 spiro atoms. The lowest BCUT2D eigenvalue weighted by Crippen LogP contribution is -2.11. The summed E-state index contributed by atoms with van der Waals surface area (Å²) in [6.07, 6.45) is -0.610. The van der Waals surface area contributed by atoms with E-state index in [1.165, 1.54) is 13.2 Å². The van der Waals surface area contributed by atoms with Crippen molar-refractivity contribution < 1.29 is 14.3 Å². The third-order valence-electron chi connectivity index (χ3n) is 1.83. The first kappa shape index (κ1) is 13.0. The monoisotopic (exact) mass is 305 g/mol. The van der Waals surface area contributed by atoms with E-state index < -0.39 is 6.09 Å². The van der Waals surface area contributed by atoms with E-state index in [1.54, 1.807) is 12.1 Å². The van der Waals surface area contributed by atoms with Crippen LogP contribution in [0.3, 0.4) is 0 Å². The Morgan fingerprint density at radius 3 is 2.69 bits per heavy atom. The molecule has 1 N–H and O–H groups in total. The third-order valence-corrected chi connectivity index (χ3v) is 2.66. The van der Waals surface area contributed by atoms with E-state index in [0.717, 1.165) is 0 Å². The van der Waals surface area contributed by atoms with Gasteiger partial charge >= 0.3 is 6.09 Å². The molecule has 0 saturated heterocycles. The van der Waals surface area contributed by atoms with Crippen LogP contribution in [0.4, 0.5) is 10.5 Å². The molecule has 1 aromatic carbocycles. The molecule has 1 amide bonds. The fraction of sp³-hybridized carbons (Fsp3) is 0.200. The van der Waals surface area contributed by atoms with Crippen LogP contribution >= 0.6 is 27.5 Å². The van der Waals surface area contributed by atoms with Gasteiger partial charge in [0.2, 0.25) is 0 Å². The Morgan fingerprint density at radius 2 is 2.19 bits per heavy atom. The van der Waals surface area contributed by atoms with Crippen molar-refractivity contribution in [2.75, 3.05) is 17.8 Å². The molecule has 0 aliphatic rings. The number of hydrogen-bond donors (Lipinski definition) is 1. The van der Waals surface area contributed by atoms with Gasteiger partial charge in [0.15, 0.2) is 5.78 Å². The van der Waals surface area contributed by atoms with Crippen LogP contribution in [0, 0.1) is 0 Å². The largest absolute Gasteiger partial charge is 0.453 e. The topological polar surface area (TPSA) is 55.4 Å². The van der Waals surface area contributed by atoms with Crippen molar-refractivity contribution >= 4 is 45.1 Å². The van der Waals surface area contributed by atoms with Crippen LogP contribution in [0.25, 0.3) is 0 Å². The lowest BCUT2D eigenvalue weighted by atomic mass is 10.1. The summed E-state index contributed by atoms with van der Waals surface area (Å²) in [6, 6.07) is 4.63. The Balaban J connectivity index is 2.91. The molecule has 0 aliphatic heterocycles. The van der Waals surface area contributed by atoms with Gasteiger partial charge in [0.1, 0.15) is 0 Å². The average Bonchev–Trinajstić information content (AvgIpc) is 2.30. The number of nitrogens with one attached hydrogen (secondary N) is 1. The number of amides is 1. The smallest absolute Gasteiger partial charge is 0.411 e. The predicted molar refractivity (Wildman–Crippen MR) is 65.6 cm³/mol. The van der Waals surface area contributed by atoms with Crippen LogP contribution < -0.4 is 5.32 Å². The highest BCUT2D eigenvalue weighted by Crippen LogP contribution is 2.23. The minimum Gasteiger partial charge on any atom is -0.453 e. The minimum absolute atomic E-state index is 0.0773. The zero-order valence-corrected chi connectivity index (χ0v) is 10.8. The van der Waals surface area contributed by atoms with Crippen molar-refractivity contribution in [3.05, 3.63) is 28.8 Å². The number of ether oxygens (including phenoxy) is 1. The van der Waals surface area contributed by atoms with Gasteiger partial charge in [-0.3, -0.25) is 10.1 Å². The molecule has 4 nitrogen and oxygen atoms in total. The zero-order chi connectivity index (χ0) is 12.1. The van der Waals surface area contributed by atoms with Crippen molar-refractivity contribution in [3.8, 4) is 0 Å². The maximum atomic E-state index is 11.3. The summed E-state index contributed by atoms with van der Waals surface area (Å²) in [7, 11) is 1.26. The Kier molecular flexibility index (Phi) is 4.76. The number of anilines is 1. The maximum absolute atomic E-state index is 11.3. The summed E-state index contributed by atoms with van der Waals surface area (Å²) in [6.45, 7) is 0. The maximum Gasteiger partial charge on any atom is 0.411 e. The average molecular weight is 307 g/mol. The molecule has 0 aliphatic carbocycles. The zero-order valence-electron chi connectivity index (χ0n) is 8.42. The van der Waals surface area contributed by atoms with Crippen LogP contribution in [0.2, 0.25) is 5.02 Å². The molecule has 0 heterocycles. The molecule has 1 aromatic rings. The molecule has 16 heavy (non-hydrogen) atoms. The second kappa shape index (κ2) is 5.86. The Hall–Kier alpha value is -1.07. The lowest BCUT2D eigenvalue weighted by molar-refractivity contribution is 0.102. The minimum atomic E-state index is -0.610. The van der Waals surface area contributed by atoms with E-state index in [2.05, 4.69) is 26.0 Å². The van der Waals surface area contributed by atoms with Crippen molar-refractivity contribution in [1.82, 2.24) is 0 Å². The number of Topliss-reactive ketones (excluding diaryl/α,β-unsaturated/α-hetero) is 1. The normalized spacial score (nSPS) is 9.69. The standard InChI is InChI=1S/C10H9BrClNO3/c1-16-10(15)13-8-3-2-6(4-7(8)12)9(14)5-11/h2-4H,5H2,1H3,(H,13,15). The lowest BCUT2D eigenvalue weighted by Gasteiger charge is -2.06. The number of hydrogen-bond acceptors (Lipinski definition) is 3. The first-order valence-corrected chi connectivity index (χ1v) is 5.82. The van der Waals surface area contributed by atoms with Crippen molar-refractivity contribution in [3.63, 3.8) is 0 Å².